The molecule has 1 aliphatic rings. The van der Waals surface area contributed by atoms with Gasteiger partial charge >= 0.3 is 0 Å². The molecule has 0 unspecified atom stereocenters. The summed E-state index contributed by atoms with van der Waals surface area (Å²) in [6.45, 7) is 4.76. The minimum atomic E-state index is -0.387. The van der Waals surface area contributed by atoms with Crippen LogP contribution in [0, 0.1) is 19.7 Å². The molecule has 1 aliphatic heterocycles. The minimum Gasteiger partial charge on any atom is -0.491 e. The van der Waals surface area contributed by atoms with Crippen molar-refractivity contribution in [2.24, 2.45) is 0 Å². The number of thioether (sulfide) groups is 1. The maximum atomic E-state index is 13.5. The summed E-state index contributed by atoms with van der Waals surface area (Å²) in [4.78, 5) is 27.3. The van der Waals surface area contributed by atoms with Crippen molar-refractivity contribution in [1.29, 1.82) is 0 Å². The monoisotopic (exact) mass is 534 g/mol. The smallest absolute Gasteiger partial charge is 0.293 e. The van der Waals surface area contributed by atoms with Gasteiger partial charge in [0.2, 0.25) is 0 Å². The Morgan fingerprint density at radius 2 is 1.86 bits per heavy atom. The third-order valence-corrected chi connectivity index (χ3v) is 7.51. The fourth-order valence-electron chi connectivity index (χ4n) is 4.30. The summed E-state index contributed by atoms with van der Waals surface area (Å²) in [6.07, 6.45) is 3.67. The Kier molecular flexibility index (Phi) is 7.09. The molecule has 37 heavy (non-hydrogen) atoms. The summed E-state index contributed by atoms with van der Waals surface area (Å²) in [5, 5.41) is 0.969. The van der Waals surface area contributed by atoms with Crippen LogP contribution in [0.4, 0.5) is 9.18 Å². The highest BCUT2D eigenvalue weighted by Gasteiger charge is 2.35. The third-order valence-electron chi connectivity index (χ3n) is 6.25. The van der Waals surface area contributed by atoms with Crippen molar-refractivity contribution in [3.8, 4) is 5.75 Å². The Balaban J connectivity index is 1.36. The van der Waals surface area contributed by atoms with Gasteiger partial charge in [0.1, 0.15) is 18.2 Å². The van der Waals surface area contributed by atoms with E-state index in [9.17, 15) is 14.0 Å². The molecule has 8 heteroatoms. The number of nitrogens with zero attached hydrogens (tertiary/aromatic N) is 2. The Morgan fingerprint density at radius 3 is 2.68 bits per heavy atom. The van der Waals surface area contributed by atoms with E-state index in [4.69, 9.17) is 16.3 Å². The van der Waals surface area contributed by atoms with E-state index in [1.54, 1.807) is 12.1 Å². The fraction of sp³-hybridized carbons (Fsp3) is 0.172. The lowest BCUT2D eigenvalue weighted by molar-refractivity contribution is -0.123. The van der Waals surface area contributed by atoms with Gasteiger partial charge in [-0.1, -0.05) is 48.0 Å². The summed E-state index contributed by atoms with van der Waals surface area (Å²) in [5.74, 6) is 0.0245. The Labute approximate surface area is 223 Å². The lowest BCUT2D eigenvalue weighted by Gasteiger charge is -2.14. The highest BCUT2D eigenvalue weighted by atomic mass is 35.5. The van der Waals surface area contributed by atoms with Crippen molar-refractivity contribution < 1.29 is 18.7 Å². The second kappa shape index (κ2) is 10.4. The average Bonchev–Trinajstić information content (AvgIpc) is 3.34. The van der Waals surface area contributed by atoms with E-state index in [1.807, 2.05) is 67.1 Å². The molecule has 0 N–H and O–H groups in total. The van der Waals surface area contributed by atoms with E-state index in [0.29, 0.717) is 16.5 Å². The lowest BCUT2D eigenvalue weighted by Crippen LogP contribution is -2.32. The summed E-state index contributed by atoms with van der Waals surface area (Å²) in [5.41, 5.74) is 4.61. The molecule has 0 atom stereocenters. The lowest BCUT2D eigenvalue weighted by atomic mass is 10.1. The number of amides is 2. The van der Waals surface area contributed by atoms with Crippen LogP contribution in [0.15, 0.2) is 71.8 Å². The summed E-state index contributed by atoms with van der Waals surface area (Å²) in [6, 6.07) is 18.1. The molecule has 0 aliphatic carbocycles. The van der Waals surface area contributed by atoms with Crippen LogP contribution in [0.2, 0.25) is 5.02 Å². The van der Waals surface area contributed by atoms with Crippen LogP contribution < -0.4 is 4.74 Å². The number of carbonyl (C=O) groups excluding carboxylic acids is 2. The minimum absolute atomic E-state index is 0.167. The molecular formula is C29H24ClFN2O3S. The van der Waals surface area contributed by atoms with E-state index >= 15 is 0 Å². The second-order valence-electron chi connectivity index (χ2n) is 8.92. The summed E-state index contributed by atoms with van der Waals surface area (Å²) >= 11 is 7.18. The normalized spacial score (nSPS) is 14.8. The number of rotatable bonds is 7. The highest BCUT2D eigenvalue weighted by Crippen LogP contribution is 2.34. The average molecular weight is 535 g/mol. The number of halogens is 2. The number of para-hydroxylation sites is 1. The molecule has 2 heterocycles. The largest absolute Gasteiger partial charge is 0.491 e. The van der Waals surface area contributed by atoms with Crippen molar-refractivity contribution in [3.05, 3.63) is 105 Å². The van der Waals surface area contributed by atoms with Crippen LogP contribution in [0.25, 0.3) is 17.0 Å². The molecule has 5 nitrogen and oxygen atoms in total. The SMILES string of the molecule is Cc1ccc(C)c(OCCN2C(=O)S/C(=C\c3cn(Cc4ccc(F)cc4Cl)c4ccccc34)C2=O)c1. The maximum absolute atomic E-state index is 13.5. The number of hydrogen-bond donors (Lipinski definition) is 0. The van der Waals surface area contributed by atoms with Crippen LogP contribution >= 0.6 is 23.4 Å². The van der Waals surface area contributed by atoms with Gasteiger partial charge in [0.05, 0.1) is 11.4 Å². The van der Waals surface area contributed by atoms with Crippen molar-refractivity contribution in [2.45, 2.75) is 20.4 Å². The number of imide groups is 1. The van der Waals surface area contributed by atoms with Gasteiger partial charge in [0, 0.05) is 34.2 Å². The molecule has 1 fully saturated rings. The number of ether oxygens (including phenoxy) is 1. The first-order chi connectivity index (χ1) is 17.8. The molecule has 0 saturated carbocycles. The molecule has 2 amide bonds. The number of aromatic nitrogens is 1. The first-order valence-electron chi connectivity index (χ1n) is 11.8. The highest BCUT2D eigenvalue weighted by molar-refractivity contribution is 8.18. The second-order valence-corrected chi connectivity index (χ2v) is 10.3. The number of aryl methyl sites for hydroxylation is 2. The molecule has 4 aromatic rings. The standard InChI is InChI=1S/C29H24ClFN2O3S/c1-18-7-8-19(2)26(13-18)36-12-11-33-28(34)27(37-29(33)35)14-21-17-32(25-6-4-3-5-23(21)25)16-20-9-10-22(31)15-24(20)30/h3-10,13-15,17H,11-12,16H2,1-2H3/b27-14-. The van der Waals surface area contributed by atoms with E-state index in [1.165, 1.54) is 17.0 Å². The van der Waals surface area contributed by atoms with E-state index < -0.39 is 0 Å². The third kappa shape index (κ3) is 5.29. The summed E-state index contributed by atoms with van der Waals surface area (Å²) in [7, 11) is 0. The van der Waals surface area contributed by atoms with Gasteiger partial charge in [0.15, 0.2) is 0 Å². The molecule has 0 bridgehead atoms. The van der Waals surface area contributed by atoms with Gasteiger partial charge < -0.3 is 9.30 Å². The number of carbonyl (C=O) groups is 2. The van der Waals surface area contributed by atoms with Gasteiger partial charge in [-0.3, -0.25) is 14.5 Å². The number of benzene rings is 3. The first kappa shape index (κ1) is 25.1. The fourth-order valence-corrected chi connectivity index (χ4v) is 5.38. The van der Waals surface area contributed by atoms with Crippen molar-refractivity contribution >= 4 is 51.5 Å². The number of hydrogen-bond acceptors (Lipinski definition) is 4. The molecule has 1 aromatic heterocycles. The van der Waals surface area contributed by atoms with Gasteiger partial charge in [-0.2, -0.15) is 0 Å². The topological polar surface area (TPSA) is 51.5 Å². The molecule has 5 rings (SSSR count). The van der Waals surface area contributed by atoms with Crippen molar-refractivity contribution in [1.82, 2.24) is 9.47 Å². The Morgan fingerprint density at radius 1 is 1.05 bits per heavy atom. The predicted molar refractivity (Wildman–Crippen MR) is 147 cm³/mol. The van der Waals surface area contributed by atoms with Crippen LogP contribution in [0.3, 0.4) is 0 Å². The van der Waals surface area contributed by atoms with Crippen LogP contribution in [-0.4, -0.2) is 33.8 Å². The Bertz CT molecular complexity index is 1560. The van der Waals surface area contributed by atoms with Crippen molar-refractivity contribution in [3.63, 3.8) is 0 Å². The molecular weight excluding hydrogens is 511 g/mol. The van der Waals surface area contributed by atoms with E-state index in [-0.39, 0.29) is 30.1 Å². The predicted octanol–water partition coefficient (Wildman–Crippen LogP) is 7.21. The van der Waals surface area contributed by atoms with Crippen LogP contribution in [-0.2, 0) is 11.3 Å². The first-order valence-corrected chi connectivity index (χ1v) is 13.0. The van der Waals surface area contributed by atoms with Crippen LogP contribution in [0.5, 0.6) is 5.75 Å². The van der Waals surface area contributed by atoms with Gasteiger partial charge in [-0.25, -0.2) is 4.39 Å². The zero-order chi connectivity index (χ0) is 26.1. The van der Waals surface area contributed by atoms with Gasteiger partial charge in [0.25, 0.3) is 11.1 Å². The zero-order valence-corrected chi connectivity index (χ0v) is 21.9. The van der Waals surface area contributed by atoms with E-state index in [2.05, 4.69) is 0 Å². The molecule has 3 aromatic carbocycles. The zero-order valence-electron chi connectivity index (χ0n) is 20.3. The quantitative estimate of drug-likeness (QED) is 0.235. The molecule has 0 spiro atoms. The van der Waals surface area contributed by atoms with Crippen molar-refractivity contribution in [2.75, 3.05) is 13.2 Å². The summed E-state index contributed by atoms with van der Waals surface area (Å²) < 4.78 is 21.4. The Hall–Kier alpha value is -3.55. The van der Waals surface area contributed by atoms with Crippen LogP contribution in [0.1, 0.15) is 22.3 Å². The van der Waals surface area contributed by atoms with Gasteiger partial charge in [-0.15, -0.1) is 0 Å². The van der Waals surface area contributed by atoms with Gasteiger partial charge in [-0.05, 0) is 72.6 Å². The number of fused-ring (bicyclic) bond motifs is 1. The van der Waals surface area contributed by atoms with E-state index in [0.717, 1.165) is 50.7 Å². The molecule has 1 saturated heterocycles. The maximum Gasteiger partial charge on any atom is 0.293 e. The molecule has 0 radical (unpaired) electrons. The molecule has 188 valence electrons.